The lowest BCUT2D eigenvalue weighted by molar-refractivity contribution is 0.297. The van der Waals surface area contributed by atoms with Gasteiger partial charge in [0.2, 0.25) is 0 Å². The van der Waals surface area contributed by atoms with Crippen LogP contribution in [0.15, 0.2) is 66.7 Å². The SMILES string of the molecule is Cc1ccc(/C(C#N)=C\c2ccc(OCc3ccccc3F)c(I)c2)cc1. The fraction of sp³-hybridized carbons (Fsp3) is 0.0870. The van der Waals surface area contributed by atoms with Crippen molar-refractivity contribution >= 4 is 34.2 Å². The van der Waals surface area contributed by atoms with Crippen LogP contribution in [-0.4, -0.2) is 0 Å². The van der Waals surface area contributed by atoms with Crippen molar-refractivity contribution < 1.29 is 9.13 Å². The Hall–Kier alpha value is -2.65. The summed E-state index contributed by atoms with van der Waals surface area (Å²) >= 11 is 2.18. The molecule has 0 atom stereocenters. The topological polar surface area (TPSA) is 33.0 Å². The highest BCUT2D eigenvalue weighted by atomic mass is 127. The van der Waals surface area contributed by atoms with Gasteiger partial charge in [-0.2, -0.15) is 5.26 Å². The van der Waals surface area contributed by atoms with E-state index in [0.717, 1.165) is 20.3 Å². The molecule has 0 aromatic heterocycles. The molecule has 134 valence electrons. The highest BCUT2D eigenvalue weighted by molar-refractivity contribution is 14.1. The number of halogens is 2. The third-order valence-corrected chi connectivity index (χ3v) is 4.93. The van der Waals surface area contributed by atoms with Gasteiger partial charge in [-0.15, -0.1) is 0 Å². The van der Waals surface area contributed by atoms with Crippen LogP contribution in [0.4, 0.5) is 4.39 Å². The summed E-state index contributed by atoms with van der Waals surface area (Å²) in [6.45, 7) is 2.19. The molecule has 0 fully saturated rings. The number of rotatable bonds is 5. The van der Waals surface area contributed by atoms with Crippen molar-refractivity contribution in [3.8, 4) is 11.8 Å². The Morgan fingerprint density at radius 3 is 2.52 bits per heavy atom. The average Bonchev–Trinajstić information content (AvgIpc) is 2.67. The monoisotopic (exact) mass is 469 g/mol. The third kappa shape index (κ3) is 4.95. The largest absolute Gasteiger partial charge is 0.488 e. The van der Waals surface area contributed by atoms with Gasteiger partial charge in [0.25, 0.3) is 0 Å². The molecule has 3 aromatic carbocycles. The molecule has 27 heavy (non-hydrogen) atoms. The number of aryl methyl sites for hydroxylation is 1. The van der Waals surface area contributed by atoms with E-state index >= 15 is 0 Å². The second-order valence-electron chi connectivity index (χ2n) is 6.11. The van der Waals surface area contributed by atoms with Crippen molar-refractivity contribution in [3.05, 3.63) is 98.4 Å². The first-order valence-electron chi connectivity index (χ1n) is 8.41. The molecule has 2 nitrogen and oxygen atoms in total. The van der Waals surface area contributed by atoms with Crippen molar-refractivity contribution in [1.82, 2.24) is 0 Å². The first-order chi connectivity index (χ1) is 13.1. The molecule has 3 aromatic rings. The first-order valence-corrected chi connectivity index (χ1v) is 9.49. The van der Waals surface area contributed by atoms with Crippen LogP contribution >= 0.6 is 22.6 Å². The summed E-state index contributed by atoms with van der Waals surface area (Å²) in [6, 6.07) is 22.4. The number of allylic oxidation sites excluding steroid dienone is 1. The van der Waals surface area contributed by atoms with Crippen molar-refractivity contribution in [2.75, 3.05) is 0 Å². The predicted octanol–water partition coefficient (Wildman–Crippen LogP) is 6.38. The average molecular weight is 469 g/mol. The maximum Gasteiger partial charge on any atom is 0.133 e. The number of nitrogens with zero attached hydrogens (tertiary/aromatic N) is 1. The Kier molecular flexibility index (Phi) is 6.25. The highest BCUT2D eigenvalue weighted by Crippen LogP contribution is 2.26. The first kappa shape index (κ1) is 19.1. The molecule has 0 N–H and O–H groups in total. The van der Waals surface area contributed by atoms with Gasteiger partial charge in [-0.05, 0) is 64.9 Å². The summed E-state index contributed by atoms with van der Waals surface area (Å²) < 4.78 is 20.4. The van der Waals surface area contributed by atoms with Gasteiger partial charge in [0.15, 0.2) is 0 Å². The number of nitriles is 1. The molecule has 4 heteroatoms. The highest BCUT2D eigenvalue weighted by Gasteiger charge is 2.07. The number of benzene rings is 3. The van der Waals surface area contributed by atoms with Crippen LogP contribution in [0.25, 0.3) is 11.6 Å². The molecule has 0 aliphatic rings. The lowest BCUT2D eigenvalue weighted by atomic mass is 10.0. The Morgan fingerprint density at radius 2 is 1.85 bits per heavy atom. The number of hydrogen-bond donors (Lipinski definition) is 0. The maximum absolute atomic E-state index is 13.7. The van der Waals surface area contributed by atoms with E-state index in [1.165, 1.54) is 6.07 Å². The van der Waals surface area contributed by atoms with Crippen LogP contribution < -0.4 is 4.74 Å². The van der Waals surface area contributed by atoms with E-state index in [-0.39, 0.29) is 12.4 Å². The second-order valence-corrected chi connectivity index (χ2v) is 7.27. The van der Waals surface area contributed by atoms with Crippen LogP contribution in [0.3, 0.4) is 0 Å². The van der Waals surface area contributed by atoms with E-state index in [1.807, 2.05) is 55.5 Å². The normalized spacial score (nSPS) is 11.1. The lowest BCUT2D eigenvalue weighted by Crippen LogP contribution is -1.99. The fourth-order valence-electron chi connectivity index (χ4n) is 2.57. The van der Waals surface area contributed by atoms with E-state index < -0.39 is 0 Å². The van der Waals surface area contributed by atoms with Gasteiger partial charge in [0.1, 0.15) is 18.2 Å². The Labute approximate surface area is 172 Å². The molecule has 0 heterocycles. The number of ether oxygens (including phenoxy) is 1. The van der Waals surface area contributed by atoms with Gasteiger partial charge in [0.05, 0.1) is 15.2 Å². The minimum Gasteiger partial charge on any atom is -0.488 e. The smallest absolute Gasteiger partial charge is 0.133 e. The van der Waals surface area contributed by atoms with E-state index in [4.69, 9.17) is 4.74 Å². The summed E-state index contributed by atoms with van der Waals surface area (Å²) in [5.41, 5.74) is 4.07. The predicted molar refractivity (Wildman–Crippen MR) is 115 cm³/mol. The van der Waals surface area contributed by atoms with Crippen molar-refractivity contribution in [3.63, 3.8) is 0 Å². The second kappa shape index (κ2) is 8.83. The van der Waals surface area contributed by atoms with Crippen LogP contribution in [0, 0.1) is 27.6 Å². The van der Waals surface area contributed by atoms with E-state index in [0.29, 0.717) is 16.9 Å². The summed E-state index contributed by atoms with van der Waals surface area (Å²) in [5, 5.41) is 9.49. The molecule has 3 rings (SSSR count). The van der Waals surface area contributed by atoms with E-state index in [1.54, 1.807) is 18.2 Å². The van der Waals surface area contributed by atoms with Crippen LogP contribution in [-0.2, 0) is 6.61 Å². The lowest BCUT2D eigenvalue weighted by Gasteiger charge is -2.10. The Bertz CT molecular complexity index is 1020. The van der Waals surface area contributed by atoms with E-state index in [2.05, 4.69) is 28.7 Å². The molecule has 0 aliphatic carbocycles. The zero-order chi connectivity index (χ0) is 19.2. The summed E-state index contributed by atoms with van der Waals surface area (Å²) in [5.74, 6) is 0.411. The summed E-state index contributed by atoms with van der Waals surface area (Å²) in [4.78, 5) is 0. The van der Waals surface area contributed by atoms with Crippen molar-refractivity contribution in [1.29, 1.82) is 5.26 Å². The quantitative estimate of drug-likeness (QED) is 0.247. The molecule has 0 radical (unpaired) electrons. The number of hydrogen-bond acceptors (Lipinski definition) is 2. The van der Waals surface area contributed by atoms with Gasteiger partial charge in [0, 0.05) is 5.56 Å². The van der Waals surface area contributed by atoms with Gasteiger partial charge < -0.3 is 4.74 Å². The van der Waals surface area contributed by atoms with Gasteiger partial charge in [-0.25, -0.2) is 4.39 Å². The fourth-order valence-corrected chi connectivity index (χ4v) is 3.27. The van der Waals surface area contributed by atoms with Crippen LogP contribution in [0.5, 0.6) is 5.75 Å². The minimum absolute atomic E-state index is 0.171. The molecule has 0 amide bonds. The summed E-state index contributed by atoms with van der Waals surface area (Å²) in [6.07, 6.45) is 1.85. The van der Waals surface area contributed by atoms with E-state index in [9.17, 15) is 9.65 Å². The molecule has 0 unspecified atom stereocenters. The van der Waals surface area contributed by atoms with Crippen LogP contribution in [0.1, 0.15) is 22.3 Å². The molecule has 0 saturated carbocycles. The molecule has 0 bridgehead atoms. The molecular formula is C23H17FINO. The molecule has 0 aliphatic heterocycles. The van der Waals surface area contributed by atoms with Crippen LogP contribution in [0.2, 0.25) is 0 Å². The van der Waals surface area contributed by atoms with Crippen molar-refractivity contribution in [2.45, 2.75) is 13.5 Å². The van der Waals surface area contributed by atoms with Gasteiger partial charge in [-0.3, -0.25) is 0 Å². The minimum atomic E-state index is -0.274. The maximum atomic E-state index is 13.7. The van der Waals surface area contributed by atoms with Crippen molar-refractivity contribution in [2.24, 2.45) is 0 Å². The Balaban J connectivity index is 1.78. The third-order valence-electron chi connectivity index (χ3n) is 4.09. The van der Waals surface area contributed by atoms with Gasteiger partial charge >= 0.3 is 0 Å². The molecule has 0 saturated heterocycles. The Morgan fingerprint density at radius 1 is 1.11 bits per heavy atom. The molecular weight excluding hydrogens is 452 g/mol. The standard InChI is InChI=1S/C23H17FINO/c1-16-6-9-18(10-7-16)20(14-26)12-17-8-11-23(22(25)13-17)27-15-19-4-2-3-5-21(19)24/h2-13H,15H2,1H3/b20-12-. The van der Waals surface area contributed by atoms with Gasteiger partial charge in [-0.1, -0.05) is 54.1 Å². The zero-order valence-electron chi connectivity index (χ0n) is 14.7. The zero-order valence-corrected chi connectivity index (χ0v) is 16.9. The summed E-state index contributed by atoms with van der Waals surface area (Å²) in [7, 11) is 0. The molecule has 0 spiro atoms.